The van der Waals surface area contributed by atoms with Crippen LogP contribution in [0.1, 0.15) is 29.2 Å². The number of nitrogens with one attached hydrogen (secondary N) is 1. The molecule has 6 rings (SSSR count). The molecule has 11 nitrogen and oxygen atoms in total. The van der Waals surface area contributed by atoms with E-state index < -0.39 is 11.9 Å². The lowest BCUT2D eigenvalue weighted by Crippen LogP contribution is -2.42. The van der Waals surface area contributed by atoms with Crippen LogP contribution in [0.3, 0.4) is 0 Å². The average molecular weight is 558 g/mol. The molecule has 0 saturated carbocycles. The summed E-state index contributed by atoms with van der Waals surface area (Å²) in [6.07, 6.45) is 5.93. The van der Waals surface area contributed by atoms with Gasteiger partial charge in [0.05, 0.1) is 30.5 Å². The molecule has 0 unspecified atom stereocenters. The lowest BCUT2D eigenvalue weighted by atomic mass is 10.0. The summed E-state index contributed by atoms with van der Waals surface area (Å²) in [6, 6.07) is 12.1. The second-order valence-electron chi connectivity index (χ2n) is 9.64. The SMILES string of the molecule is NCC(=O)N1CCC(n2cnc(-c3ccc(F)cc3)c2-c2ccc3nc(NC(=O)c4ccnc(F)c4)cn3n2)CC1. The minimum atomic E-state index is -0.760. The largest absolute Gasteiger partial charge is 0.341 e. The van der Waals surface area contributed by atoms with Crippen LogP contribution in [-0.2, 0) is 4.79 Å². The fraction of sp³-hybridized carbons (Fsp3) is 0.214. The van der Waals surface area contributed by atoms with Crippen molar-refractivity contribution in [1.82, 2.24) is 34.0 Å². The first-order valence-electron chi connectivity index (χ1n) is 13.0. The molecule has 3 N–H and O–H groups in total. The molecular weight excluding hydrogens is 532 g/mol. The third-order valence-electron chi connectivity index (χ3n) is 7.09. The molecule has 4 aromatic heterocycles. The van der Waals surface area contributed by atoms with E-state index >= 15 is 0 Å². The number of hydrogen-bond acceptors (Lipinski definition) is 7. The quantitative estimate of drug-likeness (QED) is 0.306. The molecule has 1 aromatic carbocycles. The first kappa shape index (κ1) is 26.2. The molecule has 13 heteroatoms. The summed E-state index contributed by atoms with van der Waals surface area (Å²) in [6.45, 7) is 1.12. The van der Waals surface area contributed by atoms with E-state index in [-0.39, 0.29) is 35.7 Å². The lowest BCUT2D eigenvalue weighted by molar-refractivity contribution is -0.130. The Balaban J connectivity index is 1.35. The first-order chi connectivity index (χ1) is 19.9. The number of likely N-dealkylation sites (tertiary alicyclic amines) is 1. The van der Waals surface area contributed by atoms with Gasteiger partial charge in [-0.2, -0.15) is 9.49 Å². The van der Waals surface area contributed by atoms with Crippen LogP contribution in [0.25, 0.3) is 28.3 Å². The van der Waals surface area contributed by atoms with Crippen LogP contribution in [0, 0.1) is 11.8 Å². The zero-order valence-electron chi connectivity index (χ0n) is 21.7. The zero-order chi connectivity index (χ0) is 28.5. The fourth-order valence-electron chi connectivity index (χ4n) is 5.03. The van der Waals surface area contributed by atoms with Crippen LogP contribution in [-0.4, -0.2) is 65.5 Å². The van der Waals surface area contributed by atoms with Crippen LogP contribution in [0.4, 0.5) is 14.6 Å². The van der Waals surface area contributed by atoms with E-state index in [2.05, 4.69) is 24.8 Å². The maximum atomic E-state index is 13.7. The number of carbonyl (C=O) groups is 2. The van der Waals surface area contributed by atoms with E-state index in [1.807, 2.05) is 0 Å². The zero-order valence-corrected chi connectivity index (χ0v) is 21.7. The van der Waals surface area contributed by atoms with Gasteiger partial charge in [-0.3, -0.25) is 9.59 Å². The highest BCUT2D eigenvalue weighted by Gasteiger charge is 2.27. The molecular formula is C28H25F2N9O2. The summed E-state index contributed by atoms with van der Waals surface area (Å²) in [7, 11) is 0. The van der Waals surface area contributed by atoms with E-state index in [0.717, 1.165) is 17.3 Å². The number of aromatic nitrogens is 6. The number of hydrogen-bond donors (Lipinski definition) is 2. The minimum Gasteiger partial charge on any atom is -0.341 e. The van der Waals surface area contributed by atoms with Gasteiger partial charge in [0.25, 0.3) is 5.91 Å². The van der Waals surface area contributed by atoms with Crippen LogP contribution < -0.4 is 11.1 Å². The van der Waals surface area contributed by atoms with Gasteiger partial charge in [-0.25, -0.2) is 23.9 Å². The number of halogens is 2. The van der Waals surface area contributed by atoms with Crippen molar-refractivity contribution in [1.29, 1.82) is 0 Å². The Bertz CT molecular complexity index is 1740. The number of carbonyl (C=O) groups excluding carboxylic acids is 2. The predicted octanol–water partition coefficient (Wildman–Crippen LogP) is 3.31. The molecule has 0 aliphatic carbocycles. The number of nitrogens with two attached hydrogens (primary N) is 1. The third-order valence-corrected chi connectivity index (χ3v) is 7.09. The Morgan fingerprint density at radius 1 is 1.02 bits per heavy atom. The third kappa shape index (κ3) is 5.26. The van der Waals surface area contributed by atoms with E-state index in [1.54, 1.807) is 41.7 Å². The number of benzene rings is 1. The summed E-state index contributed by atoms with van der Waals surface area (Å²) in [5.41, 5.74) is 8.80. The monoisotopic (exact) mass is 557 g/mol. The van der Waals surface area contributed by atoms with Crippen molar-refractivity contribution in [2.45, 2.75) is 18.9 Å². The molecule has 0 bridgehead atoms. The molecule has 0 atom stereocenters. The summed E-state index contributed by atoms with van der Waals surface area (Å²) in [5, 5.41) is 7.42. The molecule has 1 fully saturated rings. The van der Waals surface area contributed by atoms with Gasteiger partial charge in [-0.05, 0) is 55.3 Å². The van der Waals surface area contributed by atoms with Gasteiger partial charge in [0.1, 0.15) is 11.5 Å². The number of imidazole rings is 2. The Kier molecular flexibility index (Phi) is 6.93. The maximum Gasteiger partial charge on any atom is 0.257 e. The highest BCUT2D eigenvalue weighted by atomic mass is 19.1. The highest BCUT2D eigenvalue weighted by Crippen LogP contribution is 2.35. The molecule has 2 amide bonds. The van der Waals surface area contributed by atoms with E-state index in [4.69, 9.17) is 10.8 Å². The Labute approximate surface area is 232 Å². The Morgan fingerprint density at radius 3 is 2.54 bits per heavy atom. The van der Waals surface area contributed by atoms with Crippen LogP contribution >= 0.6 is 0 Å². The predicted molar refractivity (Wildman–Crippen MR) is 146 cm³/mol. The molecule has 1 aliphatic heterocycles. The van der Waals surface area contributed by atoms with E-state index in [0.29, 0.717) is 43.0 Å². The van der Waals surface area contributed by atoms with E-state index in [1.165, 1.54) is 28.9 Å². The van der Waals surface area contributed by atoms with Crippen molar-refractivity contribution < 1.29 is 18.4 Å². The Morgan fingerprint density at radius 2 is 1.80 bits per heavy atom. The number of piperidine rings is 1. The van der Waals surface area contributed by atoms with Crippen LogP contribution in [0.15, 0.2) is 67.3 Å². The molecule has 5 heterocycles. The number of nitrogens with zero attached hydrogens (tertiary/aromatic N) is 7. The lowest BCUT2D eigenvalue weighted by Gasteiger charge is -2.33. The van der Waals surface area contributed by atoms with Gasteiger partial charge in [0, 0.05) is 42.5 Å². The molecule has 1 saturated heterocycles. The van der Waals surface area contributed by atoms with Gasteiger partial charge in [0.15, 0.2) is 11.5 Å². The number of fused-ring (bicyclic) bond motifs is 1. The number of pyridine rings is 1. The summed E-state index contributed by atoms with van der Waals surface area (Å²) in [5.74, 6) is -1.49. The fourth-order valence-corrected chi connectivity index (χ4v) is 5.03. The molecule has 5 aromatic rings. The second kappa shape index (κ2) is 10.8. The van der Waals surface area contributed by atoms with Crippen LogP contribution in [0.5, 0.6) is 0 Å². The van der Waals surface area contributed by atoms with Gasteiger partial charge in [0.2, 0.25) is 11.9 Å². The van der Waals surface area contributed by atoms with Crippen molar-refractivity contribution in [3.63, 3.8) is 0 Å². The standard InChI is InChI=1S/C28H25F2N9O2/c29-19-3-1-17(2-4-19)26-27(38(16-33-26)20-8-11-37(12-9-20)25(40)14-31)21-5-6-24-34-23(15-39(24)36-21)35-28(41)18-7-10-32-22(30)13-18/h1-7,10,13,15-16,20H,8-9,11-12,14,31H2,(H,35,41). The molecule has 41 heavy (non-hydrogen) atoms. The smallest absolute Gasteiger partial charge is 0.257 e. The summed E-state index contributed by atoms with van der Waals surface area (Å²) in [4.78, 5) is 39.0. The van der Waals surface area contributed by atoms with Gasteiger partial charge in [-0.15, -0.1) is 0 Å². The van der Waals surface area contributed by atoms with Crippen molar-refractivity contribution in [3.05, 3.63) is 84.6 Å². The first-order valence-corrected chi connectivity index (χ1v) is 13.0. The maximum absolute atomic E-state index is 13.7. The Hall–Kier alpha value is -5.04. The van der Waals surface area contributed by atoms with Crippen LogP contribution in [0.2, 0.25) is 0 Å². The average Bonchev–Trinajstić information content (AvgIpc) is 3.61. The molecule has 1 aliphatic rings. The van der Waals surface area contributed by atoms with Gasteiger partial charge in [-0.1, -0.05) is 0 Å². The summed E-state index contributed by atoms with van der Waals surface area (Å²) < 4.78 is 30.7. The van der Waals surface area contributed by atoms with Crippen molar-refractivity contribution in [2.24, 2.45) is 5.73 Å². The molecule has 208 valence electrons. The number of anilines is 1. The van der Waals surface area contributed by atoms with Crippen molar-refractivity contribution in [2.75, 3.05) is 25.0 Å². The van der Waals surface area contributed by atoms with Gasteiger partial charge >= 0.3 is 0 Å². The topological polar surface area (TPSA) is 136 Å². The van der Waals surface area contributed by atoms with Crippen molar-refractivity contribution >= 4 is 23.3 Å². The van der Waals surface area contributed by atoms with Gasteiger partial charge < -0.3 is 20.5 Å². The van der Waals surface area contributed by atoms with E-state index in [9.17, 15) is 18.4 Å². The molecule has 0 spiro atoms. The summed E-state index contributed by atoms with van der Waals surface area (Å²) >= 11 is 0. The normalized spacial score (nSPS) is 14.0. The number of rotatable bonds is 6. The van der Waals surface area contributed by atoms with Crippen molar-refractivity contribution in [3.8, 4) is 22.6 Å². The molecule has 0 radical (unpaired) electrons. The highest BCUT2D eigenvalue weighted by molar-refractivity contribution is 6.03. The second-order valence-corrected chi connectivity index (χ2v) is 9.64. The minimum absolute atomic E-state index is 0.0214. The number of amides is 2.